The molecule has 1 aromatic heterocycles. The van der Waals surface area contributed by atoms with Crippen LogP contribution in [0.25, 0.3) is 10.8 Å². The Morgan fingerprint density at radius 2 is 1.76 bits per heavy atom. The van der Waals surface area contributed by atoms with E-state index in [1.165, 1.54) is 13.1 Å². The maximum atomic E-state index is 13.0. The van der Waals surface area contributed by atoms with Crippen LogP contribution in [0, 0.1) is 0 Å². The first-order valence-electron chi connectivity index (χ1n) is 10.1. The number of Topliss-reactive ketones (excluding diaryl/α,β-unsaturated/α-hetero) is 1. The SMILES string of the molecule is COc1ccc2ccccc2c1/C=N/NC(=O)c1c(Nc2ccccc2)sc(C(C)=O)c1N. The summed E-state index contributed by atoms with van der Waals surface area (Å²) in [6.45, 7) is 1.42. The minimum absolute atomic E-state index is 0.126. The summed E-state index contributed by atoms with van der Waals surface area (Å²) in [4.78, 5) is 25.4. The van der Waals surface area contributed by atoms with Gasteiger partial charge in [0.1, 0.15) is 10.8 Å². The van der Waals surface area contributed by atoms with E-state index in [0.717, 1.165) is 33.4 Å². The summed E-state index contributed by atoms with van der Waals surface area (Å²) in [7, 11) is 1.58. The summed E-state index contributed by atoms with van der Waals surface area (Å²) < 4.78 is 5.46. The Morgan fingerprint density at radius 1 is 1.03 bits per heavy atom. The van der Waals surface area contributed by atoms with E-state index in [2.05, 4.69) is 15.8 Å². The van der Waals surface area contributed by atoms with Crippen molar-refractivity contribution in [2.45, 2.75) is 6.92 Å². The molecule has 166 valence electrons. The van der Waals surface area contributed by atoms with E-state index in [1.807, 2.05) is 66.7 Å². The molecule has 7 nitrogen and oxygen atoms in total. The number of ether oxygens (including phenoxy) is 1. The first-order valence-corrected chi connectivity index (χ1v) is 11.0. The lowest BCUT2D eigenvalue weighted by Gasteiger charge is -2.09. The van der Waals surface area contributed by atoms with Crippen molar-refractivity contribution in [1.82, 2.24) is 5.43 Å². The fourth-order valence-corrected chi connectivity index (χ4v) is 4.50. The molecule has 0 aliphatic rings. The third-order valence-electron chi connectivity index (χ3n) is 5.03. The molecule has 0 fully saturated rings. The molecule has 4 rings (SSSR count). The standard InChI is InChI=1S/C25H22N4O3S/c1-15(30)23-22(26)21(25(33-23)28-17-9-4-3-5-10-17)24(31)29-27-14-19-18-11-7-6-8-16(18)12-13-20(19)32-2/h3-14,28H,26H2,1-2H3,(H,29,31)/b27-14+. The van der Waals surface area contributed by atoms with Gasteiger partial charge >= 0.3 is 0 Å². The lowest BCUT2D eigenvalue weighted by molar-refractivity contribution is 0.0957. The summed E-state index contributed by atoms with van der Waals surface area (Å²) in [5.41, 5.74) is 10.5. The average molecular weight is 459 g/mol. The van der Waals surface area contributed by atoms with Gasteiger partial charge in [-0.3, -0.25) is 9.59 Å². The molecule has 0 spiro atoms. The van der Waals surface area contributed by atoms with E-state index >= 15 is 0 Å². The maximum Gasteiger partial charge on any atom is 0.276 e. The van der Waals surface area contributed by atoms with Crippen LogP contribution in [0.5, 0.6) is 5.75 Å². The van der Waals surface area contributed by atoms with Crippen molar-refractivity contribution in [3.63, 3.8) is 0 Å². The number of rotatable bonds is 7. The van der Waals surface area contributed by atoms with Gasteiger partial charge in [0, 0.05) is 18.2 Å². The summed E-state index contributed by atoms with van der Waals surface area (Å²) in [5, 5.41) is 9.76. The molecule has 0 atom stereocenters. The number of thiophene rings is 1. The second-order valence-electron chi connectivity index (χ2n) is 7.20. The molecule has 0 radical (unpaired) electrons. The van der Waals surface area contributed by atoms with Gasteiger partial charge in [-0.05, 0) is 29.0 Å². The van der Waals surface area contributed by atoms with Gasteiger partial charge in [-0.2, -0.15) is 5.10 Å². The Morgan fingerprint density at radius 3 is 2.48 bits per heavy atom. The number of anilines is 3. The smallest absolute Gasteiger partial charge is 0.276 e. The third-order valence-corrected chi connectivity index (χ3v) is 6.26. The van der Waals surface area contributed by atoms with Gasteiger partial charge in [0.2, 0.25) is 0 Å². The summed E-state index contributed by atoms with van der Waals surface area (Å²) in [6.07, 6.45) is 1.54. The van der Waals surface area contributed by atoms with Gasteiger partial charge in [-0.25, -0.2) is 5.43 Å². The first-order chi connectivity index (χ1) is 16.0. The van der Waals surface area contributed by atoms with Crippen LogP contribution >= 0.6 is 11.3 Å². The molecule has 0 saturated heterocycles. The lowest BCUT2D eigenvalue weighted by atomic mass is 10.0. The zero-order valence-corrected chi connectivity index (χ0v) is 18.9. The molecule has 4 aromatic rings. The molecule has 3 aromatic carbocycles. The number of nitrogens with zero attached hydrogens (tertiary/aromatic N) is 1. The van der Waals surface area contributed by atoms with Crippen LogP contribution in [0.3, 0.4) is 0 Å². The van der Waals surface area contributed by atoms with Crippen LogP contribution in [0.4, 0.5) is 16.4 Å². The van der Waals surface area contributed by atoms with Crippen LogP contribution in [0.2, 0.25) is 0 Å². The van der Waals surface area contributed by atoms with Crippen LogP contribution in [0.15, 0.2) is 71.8 Å². The second kappa shape index (κ2) is 9.54. The number of amides is 1. The highest BCUT2D eigenvalue weighted by Crippen LogP contribution is 2.37. The molecule has 0 unspecified atom stereocenters. The van der Waals surface area contributed by atoms with Crippen molar-refractivity contribution < 1.29 is 14.3 Å². The number of nitrogens with one attached hydrogen (secondary N) is 2. The number of hydrazone groups is 1. The van der Waals surface area contributed by atoms with Gasteiger partial charge in [0.25, 0.3) is 5.91 Å². The number of benzene rings is 3. The third kappa shape index (κ3) is 4.56. The molecule has 33 heavy (non-hydrogen) atoms. The van der Waals surface area contributed by atoms with Crippen LogP contribution in [0.1, 0.15) is 32.5 Å². The molecular formula is C25H22N4O3S. The molecule has 0 aliphatic heterocycles. The summed E-state index contributed by atoms with van der Waals surface area (Å²) in [6, 6.07) is 21.0. The molecule has 0 bridgehead atoms. The Hall–Kier alpha value is -4.17. The second-order valence-corrected chi connectivity index (χ2v) is 8.22. The molecule has 4 N–H and O–H groups in total. The summed E-state index contributed by atoms with van der Waals surface area (Å²) >= 11 is 1.14. The number of para-hydroxylation sites is 1. The van der Waals surface area contributed by atoms with E-state index in [9.17, 15) is 9.59 Å². The van der Waals surface area contributed by atoms with Crippen molar-refractivity contribution in [1.29, 1.82) is 0 Å². The van der Waals surface area contributed by atoms with E-state index in [4.69, 9.17) is 10.5 Å². The molecule has 1 heterocycles. The van der Waals surface area contributed by atoms with E-state index in [1.54, 1.807) is 7.11 Å². The number of fused-ring (bicyclic) bond motifs is 1. The highest BCUT2D eigenvalue weighted by atomic mass is 32.1. The Balaban J connectivity index is 1.65. The van der Waals surface area contributed by atoms with Crippen LogP contribution in [-0.2, 0) is 0 Å². The predicted molar refractivity (Wildman–Crippen MR) is 134 cm³/mol. The van der Waals surface area contributed by atoms with Gasteiger partial charge in [-0.1, -0.05) is 48.5 Å². The van der Waals surface area contributed by atoms with Crippen molar-refractivity contribution in [3.05, 3.63) is 82.7 Å². The largest absolute Gasteiger partial charge is 0.496 e. The van der Waals surface area contributed by atoms with Crippen LogP contribution in [-0.4, -0.2) is 25.0 Å². The highest BCUT2D eigenvalue weighted by molar-refractivity contribution is 7.19. The van der Waals surface area contributed by atoms with Crippen LogP contribution < -0.4 is 21.2 Å². The van der Waals surface area contributed by atoms with Gasteiger partial charge in [-0.15, -0.1) is 11.3 Å². The number of hydrogen-bond acceptors (Lipinski definition) is 7. The predicted octanol–water partition coefficient (Wildman–Crippen LogP) is 5.20. The normalized spacial score (nSPS) is 11.0. The van der Waals surface area contributed by atoms with E-state index < -0.39 is 5.91 Å². The van der Waals surface area contributed by atoms with E-state index in [-0.39, 0.29) is 17.0 Å². The maximum absolute atomic E-state index is 13.0. The van der Waals surface area contributed by atoms with E-state index in [0.29, 0.717) is 15.6 Å². The Labute approximate surface area is 194 Å². The number of carbonyl (C=O) groups excluding carboxylic acids is 2. The minimum atomic E-state index is -0.523. The molecular weight excluding hydrogens is 436 g/mol. The fourth-order valence-electron chi connectivity index (χ4n) is 3.47. The van der Waals surface area contributed by atoms with Crippen molar-refractivity contribution in [3.8, 4) is 5.75 Å². The van der Waals surface area contributed by atoms with Crippen molar-refractivity contribution in [2.75, 3.05) is 18.2 Å². The van der Waals surface area contributed by atoms with Gasteiger partial charge in [0.15, 0.2) is 5.78 Å². The number of ketones is 1. The number of hydrogen-bond donors (Lipinski definition) is 3. The number of nitrogen functional groups attached to an aromatic ring is 1. The zero-order chi connectivity index (χ0) is 23.4. The number of nitrogens with two attached hydrogens (primary N) is 1. The monoisotopic (exact) mass is 458 g/mol. The topological polar surface area (TPSA) is 106 Å². The average Bonchev–Trinajstić information content (AvgIpc) is 3.15. The number of methoxy groups -OCH3 is 1. The number of carbonyl (C=O) groups is 2. The quantitative estimate of drug-likeness (QED) is 0.200. The van der Waals surface area contributed by atoms with Gasteiger partial charge < -0.3 is 15.8 Å². The zero-order valence-electron chi connectivity index (χ0n) is 18.1. The van der Waals surface area contributed by atoms with Crippen molar-refractivity contribution in [2.24, 2.45) is 5.10 Å². The summed E-state index contributed by atoms with van der Waals surface area (Å²) in [5.74, 6) is -0.103. The minimum Gasteiger partial charge on any atom is -0.496 e. The molecule has 0 saturated carbocycles. The molecule has 1 amide bonds. The first kappa shape index (κ1) is 22.0. The molecule has 8 heteroatoms. The highest BCUT2D eigenvalue weighted by Gasteiger charge is 2.24. The Kier molecular flexibility index (Phi) is 6.37. The van der Waals surface area contributed by atoms with Crippen molar-refractivity contribution >= 4 is 56.4 Å². The lowest BCUT2D eigenvalue weighted by Crippen LogP contribution is -2.19. The Bertz CT molecular complexity index is 1360. The molecule has 0 aliphatic carbocycles. The van der Waals surface area contributed by atoms with Gasteiger partial charge in [0.05, 0.1) is 29.5 Å². The fraction of sp³-hybridized carbons (Fsp3) is 0.0800.